The standard InChI is InChI=1S/C48H80NO9P/c1-6-8-9-10-11-12-13-14-15-16-17-22-25-28-31-34-37-40-48(52)58-46(44-57-59(53,54)56-42-41-49(3,4)5)43-55-47(51)39-36-33-30-27-24-21-19-18-20-23-26-29-32-35-38-45(50)7-2/h8-9,11-12,14-15,17,19-23,27,29-30,32,45-46,50H,6-7,10,13,16,18,24-26,28,31,33-44H2,1-5H3/p+1/b9-8-,12-11-,15-14-,21-19-,22-17-,23-20-,30-27-,32-29-/t45-,46+/m0/s1. The number of hydrogen-bond donors (Lipinski definition) is 2. The summed E-state index contributed by atoms with van der Waals surface area (Å²) in [5.74, 6) is -0.922. The van der Waals surface area contributed by atoms with Gasteiger partial charge in [-0.1, -0.05) is 124 Å². The summed E-state index contributed by atoms with van der Waals surface area (Å²) in [6.45, 7) is 3.89. The molecule has 0 amide bonds. The maximum atomic E-state index is 12.7. The number of nitrogens with zero attached hydrogens (tertiary/aromatic N) is 1. The fourth-order valence-corrected chi connectivity index (χ4v) is 5.89. The minimum absolute atomic E-state index is 0.00642. The summed E-state index contributed by atoms with van der Waals surface area (Å²) in [6, 6.07) is 0. The lowest BCUT2D eigenvalue weighted by molar-refractivity contribution is -0.870. The predicted octanol–water partition coefficient (Wildman–Crippen LogP) is 11.5. The number of phosphoric acid groups is 1. The Morgan fingerprint density at radius 3 is 1.59 bits per heavy atom. The molecule has 0 aromatic heterocycles. The molecule has 336 valence electrons. The number of quaternary nitrogens is 1. The maximum absolute atomic E-state index is 12.7. The second kappa shape index (κ2) is 39.1. The molecule has 0 bridgehead atoms. The summed E-state index contributed by atoms with van der Waals surface area (Å²) < 4.78 is 34.2. The van der Waals surface area contributed by atoms with Crippen molar-refractivity contribution in [3.05, 3.63) is 97.2 Å². The molecule has 0 saturated carbocycles. The van der Waals surface area contributed by atoms with Gasteiger partial charge in [-0.25, -0.2) is 4.57 Å². The molecule has 0 radical (unpaired) electrons. The van der Waals surface area contributed by atoms with Crippen molar-refractivity contribution < 1.29 is 47.2 Å². The molecule has 0 saturated heterocycles. The van der Waals surface area contributed by atoms with Crippen molar-refractivity contribution >= 4 is 19.8 Å². The third kappa shape index (κ3) is 42.8. The van der Waals surface area contributed by atoms with Gasteiger partial charge in [0.25, 0.3) is 0 Å². The zero-order valence-electron chi connectivity index (χ0n) is 37.3. The van der Waals surface area contributed by atoms with Crippen molar-refractivity contribution in [2.24, 2.45) is 0 Å². The minimum Gasteiger partial charge on any atom is -0.462 e. The molecule has 0 aromatic rings. The lowest BCUT2D eigenvalue weighted by Crippen LogP contribution is -2.37. The van der Waals surface area contributed by atoms with Crippen LogP contribution in [0.1, 0.15) is 136 Å². The van der Waals surface area contributed by atoms with Crippen LogP contribution in [-0.4, -0.2) is 86.1 Å². The highest BCUT2D eigenvalue weighted by Gasteiger charge is 2.27. The molecule has 2 N–H and O–H groups in total. The normalized spacial score (nSPS) is 15.0. The van der Waals surface area contributed by atoms with E-state index in [0.717, 1.165) is 89.9 Å². The number of allylic oxidation sites excluding steroid dienone is 16. The average Bonchev–Trinajstić information content (AvgIpc) is 3.19. The Morgan fingerprint density at radius 1 is 0.593 bits per heavy atom. The maximum Gasteiger partial charge on any atom is 0.472 e. The molecule has 1 unspecified atom stereocenters. The highest BCUT2D eigenvalue weighted by Crippen LogP contribution is 2.43. The lowest BCUT2D eigenvalue weighted by atomic mass is 10.1. The Kier molecular flexibility index (Phi) is 37.0. The smallest absolute Gasteiger partial charge is 0.462 e. The van der Waals surface area contributed by atoms with Crippen LogP contribution in [0.3, 0.4) is 0 Å². The van der Waals surface area contributed by atoms with Gasteiger partial charge in [0.1, 0.15) is 19.8 Å². The summed E-state index contributed by atoms with van der Waals surface area (Å²) in [5.41, 5.74) is 0. The van der Waals surface area contributed by atoms with E-state index in [4.69, 9.17) is 18.5 Å². The largest absolute Gasteiger partial charge is 0.472 e. The SMILES string of the molecule is CC/C=C\C/C=C\C/C=C\C/C=C\CCCCCCC(=O)O[C@H](COC(=O)CCC/C=C\C/C=C\C/C=C\C/C=C\CC[C@@H](O)CC)COP(=O)(O)OCC[N+](C)(C)C. The van der Waals surface area contributed by atoms with Crippen molar-refractivity contribution in [2.75, 3.05) is 47.5 Å². The summed E-state index contributed by atoms with van der Waals surface area (Å²) in [7, 11) is 1.39. The van der Waals surface area contributed by atoms with Gasteiger partial charge < -0.3 is 24.0 Å². The fraction of sp³-hybridized carbons (Fsp3) is 0.625. The van der Waals surface area contributed by atoms with Crippen LogP contribution >= 0.6 is 7.82 Å². The van der Waals surface area contributed by atoms with Crippen molar-refractivity contribution in [3.8, 4) is 0 Å². The van der Waals surface area contributed by atoms with Gasteiger partial charge in [0.2, 0.25) is 0 Å². The summed E-state index contributed by atoms with van der Waals surface area (Å²) in [5, 5.41) is 9.57. The average molecular weight is 847 g/mol. The number of esters is 2. The van der Waals surface area contributed by atoms with Gasteiger partial charge in [-0.05, 0) is 96.3 Å². The van der Waals surface area contributed by atoms with E-state index in [-0.39, 0.29) is 32.2 Å². The molecule has 0 aliphatic rings. The van der Waals surface area contributed by atoms with E-state index in [9.17, 15) is 24.2 Å². The first-order chi connectivity index (χ1) is 28.4. The van der Waals surface area contributed by atoms with Crippen LogP contribution < -0.4 is 0 Å². The molecule has 0 rings (SSSR count). The molecule has 59 heavy (non-hydrogen) atoms. The first-order valence-corrected chi connectivity index (χ1v) is 23.5. The number of aliphatic hydroxyl groups excluding tert-OH is 1. The Morgan fingerprint density at radius 2 is 1.07 bits per heavy atom. The van der Waals surface area contributed by atoms with Crippen molar-refractivity contribution in [3.63, 3.8) is 0 Å². The second-order valence-electron chi connectivity index (χ2n) is 15.5. The summed E-state index contributed by atoms with van der Waals surface area (Å²) in [4.78, 5) is 35.4. The molecule has 0 aromatic carbocycles. The number of carbonyl (C=O) groups excluding carboxylic acids is 2. The van der Waals surface area contributed by atoms with Crippen LogP contribution in [0.5, 0.6) is 0 Å². The molecule has 0 heterocycles. The van der Waals surface area contributed by atoms with Crippen LogP contribution in [0, 0.1) is 0 Å². The van der Waals surface area contributed by atoms with E-state index in [1.54, 1.807) is 0 Å². The zero-order chi connectivity index (χ0) is 43.7. The summed E-state index contributed by atoms with van der Waals surface area (Å²) >= 11 is 0. The molecule has 0 spiro atoms. The van der Waals surface area contributed by atoms with E-state index in [0.29, 0.717) is 30.3 Å². The van der Waals surface area contributed by atoms with Gasteiger partial charge >= 0.3 is 19.8 Å². The first kappa shape index (κ1) is 55.9. The lowest BCUT2D eigenvalue weighted by Gasteiger charge is -2.24. The third-order valence-corrected chi connectivity index (χ3v) is 9.75. The van der Waals surface area contributed by atoms with E-state index in [2.05, 4.69) is 98.1 Å². The molecule has 0 aliphatic heterocycles. The van der Waals surface area contributed by atoms with E-state index < -0.39 is 32.5 Å². The van der Waals surface area contributed by atoms with Gasteiger partial charge in [0, 0.05) is 12.8 Å². The van der Waals surface area contributed by atoms with Crippen LogP contribution in [0.25, 0.3) is 0 Å². The number of carbonyl (C=O) groups is 2. The van der Waals surface area contributed by atoms with Crippen molar-refractivity contribution in [1.82, 2.24) is 0 Å². The molecule has 10 nitrogen and oxygen atoms in total. The van der Waals surface area contributed by atoms with Gasteiger partial charge in [-0.2, -0.15) is 0 Å². The van der Waals surface area contributed by atoms with Gasteiger partial charge in [0.05, 0.1) is 33.9 Å². The van der Waals surface area contributed by atoms with Crippen LogP contribution in [0.4, 0.5) is 0 Å². The second-order valence-corrected chi connectivity index (χ2v) is 16.9. The van der Waals surface area contributed by atoms with E-state index >= 15 is 0 Å². The minimum atomic E-state index is -4.41. The molecule has 0 fully saturated rings. The number of rotatable bonds is 38. The Bertz CT molecular complexity index is 1340. The van der Waals surface area contributed by atoms with Crippen LogP contribution in [-0.2, 0) is 32.7 Å². The molecule has 0 aliphatic carbocycles. The highest BCUT2D eigenvalue weighted by molar-refractivity contribution is 7.47. The van der Waals surface area contributed by atoms with Crippen LogP contribution in [0.2, 0.25) is 0 Å². The van der Waals surface area contributed by atoms with Crippen LogP contribution in [0.15, 0.2) is 97.2 Å². The van der Waals surface area contributed by atoms with Crippen molar-refractivity contribution in [1.29, 1.82) is 0 Å². The number of ether oxygens (including phenoxy) is 2. The topological polar surface area (TPSA) is 129 Å². The van der Waals surface area contributed by atoms with Gasteiger partial charge in [-0.15, -0.1) is 0 Å². The fourth-order valence-electron chi connectivity index (χ4n) is 5.15. The van der Waals surface area contributed by atoms with E-state index in [1.807, 2.05) is 34.1 Å². The third-order valence-electron chi connectivity index (χ3n) is 8.76. The molecule has 11 heteroatoms. The quantitative estimate of drug-likeness (QED) is 0.0205. The summed E-state index contributed by atoms with van der Waals surface area (Å²) in [6.07, 6.45) is 48.3. The number of unbranched alkanes of at least 4 members (excludes halogenated alkanes) is 5. The number of aliphatic hydroxyl groups is 1. The Balaban J connectivity index is 4.53. The monoisotopic (exact) mass is 847 g/mol. The number of likely N-dealkylation sites (N-methyl/N-ethyl adjacent to an activating group) is 1. The number of hydrogen-bond acceptors (Lipinski definition) is 8. The van der Waals surface area contributed by atoms with Gasteiger partial charge in [-0.3, -0.25) is 18.6 Å². The highest BCUT2D eigenvalue weighted by atomic mass is 31.2. The predicted molar refractivity (Wildman–Crippen MR) is 244 cm³/mol. The zero-order valence-corrected chi connectivity index (χ0v) is 38.2. The molecular weight excluding hydrogens is 766 g/mol. The Hall–Kier alpha value is -3.11. The molecule has 3 atom stereocenters. The number of phosphoric ester groups is 1. The molecular formula is C48H81NO9P+. The first-order valence-electron chi connectivity index (χ1n) is 22.0. The van der Waals surface area contributed by atoms with E-state index in [1.165, 1.54) is 0 Å². The van der Waals surface area contributed by atoms with Gasteiger partial charge in [0.15, 0.2) is 6.10 Å². The van der Waals surface area contributed by atoms with Crippen molar-refractivity contribution in [2.45, 2.75) is 148 Å². The Labute approximate surface area is 358 Å².